The van der Waals surface area contributed by atoms with Gasteiger partial charge in [0.1, 0.15) is 23.6 Å². The van der Waals surface area contributed by atoms with Crippen LogP contribution in [0.2, 0.25) is 5.02 Å². The van der Waals surface area contributed by atoms with E-state index >= 15 is 0 Å². The number of carbonyl (C=O) groups is 1. The van der Waals surface area contributed by atoms with Crippen molar-refractivity contribution in [1.82, 2.24) is 15.0 Å². The van der Waals surface area contributed by atoms with Gasteiger partial charge in [-0.25, -0.2) is 18.7 Å². The molecule has 0 bridgehead atoms. The Morgan fingerprint density at radius 3 is 2.79 bits per heavy atom. The molecule has 4 rings (SSSR count). The largest absolute Gasteiger partial charge is 0.396 e. The predicted molar refractivity (Wildman–Crippen MR) is 103 cm³/mol. The summed E-state index contributed by atoms with van der Waals surface area (Å²) in [6, 6.07) is 8.88. The summed E-state index contributed by atoms with van der Waals surface area (Å²) in [5.74, 6) is -2.72. The fraction of sp³-hybridized carbons (Fsp3) is 0. The molecule has 2 heterocycles. The van der Waals surface area contributed by atoms with E-state index in [1.165, 1.54) is 12.5 Å². The first-order chi connectivity index (χ1) is 13.5. The number of aromatic nitrogens is 3. The second-order valence-corrected chi connectivity index (χ2v) is 6.37. The Labute approximate surface area is 162 Å². The lowest BCUT2D eigenvalue weighted by molar-refractivity contribution is 0.103. The first-order valence-electron chi connectivity index (χ1n) is 8.08. The number of ketones is 1. The second-order valence-electron chi connectivity index (χ2n) is 5.94. The van der Waals surface area contributed by atoms with Gasteiger partial charge < -0.3 is 16.0 Å². The molecule has 140 valence electrons. The molecular weight excluding hydrogens is 388 g/mol. The lowest BCUT2D eigenvalue weighted by atomic mass is 10.0. The molecule has 4 N–H and O–H groups in total. The number of nitrogen functional groups attached to an aromatic ring is 1. The van der Waals surface area contributed by atoms with E-state index in [2.05, 4.69) is 20.3 Å². The van der Waals surface area contributed by atoms with Gasteiger partial charge in [-0.3, -0.25) is 4.79 Å². The summed E-state index contributed by atoms with van der Waals surface area (Å²) in [5.41, 5.74) is 5.38. The standard InChI is InChI=1S/C19H12ClF2N5O/c20-9-2-1-3-10(6-9)27-19-14-11(7-24-18(14)25-8-26-19)17(28)15-12(21)4-5-13(23)16(15)22/h1-8H,23H2,(H2,24,25,26,27). The Balaban J connectivity index is 1.85. The van der Waals surface area contributed by atoms with Crippen LogP contribution in [0.25, 0.3) is 11.0 Å². The number of benzene rings is 2. The molecule has 0 spiro atoms. The molecule has 0 aliphatic heterocycles. The minimum absolute atomic E-state index is 0.00327. The summed E-state index contributed by atoms with van der Waals surface area (Å²) in [7, 11) is 0. The topological polar surface area (TPSA) is 96.7 Å². The number of nitrogens with one attached hydrogen (secondary N) is 2. The fourth-order valence-corrected chi connectivity index (χ4v) is 3.04. The SMILES string of the molecule is Nc1ccc(F)c(C(=O)c2c[nH]c3ncnc(Nc4cccc(Cl)c4)c23)c1F. The number of aromatic amines is 1. The minimum atomic E-state index is -1.11. The van der Waals surface area contributed by atoms with Crippen molar-refractivity contribution in [1.29, 1.82) is 0 Å². The van der Waals surface area contributed by atoms with E-state index in [0.717, 1.165) is 12.1 Å². The molecule has 9 heteroatoms. The van der Waals surface area contributed by atoms with Gasteiger partial charge in [-0.1, -0.05) is 17.7 Å². The Morgan fingerprint density at radius 2 is 2.00 bits per heavy atom. The molecule has 0 aliphatic carbocycles. The molecule has 0 aliphatic rings. The molecule has 4 aromatic rings. The Kier molecular flexibility index (Phi) is 4.40. The van der Waals surface area contributed by atoms with Crippen molar-refractivity contribution in [3.8, 4) is 0 Å². The minimum Gasteiger partial charge on any atom is -0.396 e. The van der Waals surface area contributed by atoms with Gasteiger partial charge in [0.15, 0.2) is 5.82 Å². The van der Waals surface area contributed by atoms with Crippen LogP contribution in [0.4, 0.5) is 26.0 Å². The number of rotatable bonds is 4. The average molecular weight is 400 g/mol. The van der Waals surface area contributed by atoms with E-state index < -0.39 is 23.0 Å². The van der Waals surface area contributed by atoms with Crippen LogP contribution >= 0.6 is 11.6 Å². The average Bonchev–Trinajstić information content (AvgIpc) is 3.10. The summed E-state index contributed by atoms with van der Waals surface area (Å²) in [6.45, 7) is 0. The Bertz CT molecular complexity index is 1220. The van der Waals surface area contributed by atoms with Crippen molar-refractivity contribution in [2.24, 2.45) is 0 Å². The van der Waals surface area contributed by atoms with E-state index in [1.807, 2.05) is 0 Å². The van der Waals surface area contributed by atoms with Crippen LogP contribution in [0.5, 0.6) is 0 Å². The van der Waals surface area contributed by atoms with Crippen molar-refractivity contribution >= 4 is 45.6 Å². The zero-order valence-electron chi connectivity index (χ0n) is 14.1. The normalized spacial score (nSPS) is 11.0. The monoisotopic (exact) mass is 399 g/mol. The number of nitrogens with two attached hydrogens (primary N) is 1. The van der Waals surface area contributed by atoms with Gasteiger partial charge in [0, 0.05) is 16.9 Å². The fourth-order valence-electron chi connectivity index (χ4n) is 2.85. The maximum absolute atomic E-state index is 14.3. The first-order valence-corrected chi connectivity index (χ1v) is 8.46. The van der Waals surface area contributed by atoms with Gasteiger partial charge in [0.05, 0.1) is 22.2 Å². The van der Waals surface area contributed by atoms with E-state index in [4.69, 9.17) is 17.3 Å². The van der Waals surface area contributed by atoms with Gasteiger partial charge in [-0.2, -0.15) is 0 Å². The number of carbonyl (C=O) groups excluding carboxylic acids is 1. The quantitative estimate of drug-likeness (QED) is 0.348. The smallest absolute Gasteiger partial charge is 0.201 e. The van der Waals surface area contributed by atoms with Crippen LogP contribution < -0.4 is 11.1 Å². The van der Waals surface area contributed by atoms with Gasteiger partial charge in [-0.05, 0) is 30.3 Å². The van der Waals surface area contributed by atoms with Crippen molar-refractivity contribution in [2.45, 2.75) is 0 Å². The maximum atomic E-state index is 14.3. The highest BCUT2D eigenvalue weighted by Gasteiger charge is 2.25. The Morgan fingerprint density at radius 1 is 1.18 bits per heavy atom. The van der Waals surface area contributed by atoms with Gasteiger partial charge in [-0.15, -0.1) is 0 Å². The molecule has 2 aromatic heterocycles. The van der Waals surface area contributed by atoms with Gasteiger partial charge in [0.25, 0.3) is 0 Å². The van der Waals surface area contributed by atoms with Crippen LogP contribution in [-0.4, -0.2) is 20.7 Å². The van der Waals surface area contributed by atoms with Crippen molar-refractivity contribution in [3.05, 3.63) is 76.7 Å². The number of hydrogen-bond donors (Lipinski definition) is 3. The molecule has 6 nitrogen and oxygen atoms in total. The molecule has 2 aromatic carbocycles. The number of fused-ring (bicyclic) bond motifs is 1. The van der Waals surface area contributed by atoms with Crippen molar-refractivity contribution in [3.63, 3.8) is 0 Å². The summed E-state index contributed by atoms with van der Waals surface area (Å²) in [6.07, 6.45) is 2.62. The third-order valence-electron chi connectivity index (χ3n) is 4.15. The van der Waals surface area contributed by atoms with E-state index in [-0.39, 0.29) is 22.5 Å². The lowest BCUT2D eigenvalue weighted by Crippen LogP contribution is -2.10. The van der Waals surface area contributed by atoms with Crippen molar-refractivity contribution < 1.29 is 13.6 Å². The highest BCUT2D eigenvalue weighted by Crippen LogP contribution is 2.30. The molecule has 0 amide bonds. The number of H-pyrrole nitrogens is 1. The Hall–Kier alpha value is -3.52. The highest BCUT2D eigenvalue weighted by molar-refractivity contribution is 6.30. The molecule has 0 saturated carbocycles. The van der Waals surface area contributed by atoms with Crippen molar-refractivity contribution in [2.75, 3.05) is 11.1 Å². The zero-order chi connectivity index (χ0) is 19.8. The highest BCUT2D eigenvalue weighted by atomic mass is 35.5. The van der Waals surface area contributed by atoms with Gasteiger partial charge in [0.2, 0.25) is 5.78 Å². The third-order valence-corrected chi connectivity index (χ3v) is 4.38. The van der Waals surface area contributed by atoms with Gasteiger partial charge >= 0.3 is 0 Å². The third kappa shape index (κ3) is 3.03. The summed E-state index contributed by atoms with van der Waals surface area (Å²) in [5, 5.41) is 3.83. The summed E-state index contributed by atoms with van der Waals surface area (Å²) in [4.78, 5) is 23.9. The molecule has 0 fully saturated rings. The summed E-state index contributed by atoms with van der Waals surface area (Å²) >= 11 is 5.99. The molecule has 0 saturated heterocycles. The number of anilines is 3. The summed E-state index contributed by atoms with van der Waals surface area (Å²) < 4.78 is 28.5. The predicted octanol–water partition coefficient (Wildman–Crippen LogP) is 4.45. The lowest BCUT2D eigenvalue weighted by Gasteiger charge is -2.09. The van der Waals surface area contributed by atoms with E-state index in [1.54, 1.807) is 24.3 Å². The number of hydrogen-bond acceptors (Lipinski definition) is 5. The van der Waals surface area contributed by atoms with Crippen LogP contribution in [0.15, 0.2) is 48.9 Å². The molecular formula is C19H12ClF2N5O. The van der Waals surface area contributed by atoms with Crippen LogP contribution in [0.3, 0.4) is 0 Å². The van der Waals surface area contributed by atoms with E-state index in [0.29, 0.717) is 16.4 Å². The van der Waals surface area contributed by atoms with Crippen LogP contribution in [0, 0.1) is 11.6 Å². The molecule has 0 radical (unpaired) electrons. The van der Waals surface area contributed by atoms with Crippen LogP contribution in [-0.2, 0) is 0 Å². The maximum Gasteiger partial charge on any atom is 0.201 e. The van der Waals surface area contributed by atoms with E-state index in [9.17, 15) is 13.6 Å². The molecule has 28 heavy (non-hydrogen) atoms. The zero-order valence-corrected chi connectivity index (χ0v) is 14.9. The second kappa shape index (κ2) is 6.90. The molecule has 0 atom stereocenters. The first kappa shape index (κ1) is 17.9. The van der Waals surface area contributed by atoms with Crippen LogP contribution in [0.1, 0.15) is 15.9 Å². The molecule has 0 unspecified atom stereocenters. The number of nitrogens with zero attached hydrogens (tertiary/aromatic N) is 2. The number of halogens is 3.